The standard InChI is InChI=1S/C13H15N3O3/c1-13(19-7-12(17)18)8-16(9-13)6-10-2-3-15-11(4-10)5-14/h2-4H,6-9H2,1H3,(H,17,18). The van der Waals surface area contributed by atoms with Gasteiger partial charge in [-0.25, -0.2) is 9.78 Å². The van der Waals surface area contributed by atoms with Crippen LogP contribution in [-0.2, 0) is 16.1 Å². The fourth-order valence-corrected chi connectivity index (χ4v) is 2.23. The van der Waals surface area contributed by atoms with Crippen molar-refractivity contribution in [3.05, 3.63) is 29.6 Å². The quantitative estimate of drug-likeness (QED) is 0.836. The zero-order chi connectivity index (χ0) is 13.9. The van der Waals surface area contributed by atoms with Crippen molar-refractivity contribution < 1.29 is 14.6 Å². The second-order valence-electron chi connectivity index (χ2n) is 4.94. The molecule has 0 aromatic carbocycles. The number of hydrogen-bond donors (Lipinski definition) is 1. The molecule has 0 bridgehead atoms. The van der Waals surface area contributed by atoms with E-state index in [1.165, 1.54) is 0 Å². The van der Waals surface area contributed by atoms with Gasteiger partial charge in [-0.05, 0) is 24.6 Å². The monoisotopic (exact) mass is 261 g/mol. The molecule has 1 fully saturated rings. The minimum Gasteiger partial charge on any atom is -0.480 e. The number of carboxylic acid groups (broad SMARTS) is 1. The SMILES string of the molecule is CC1(OCC(=O)O)CN(Cc2ccnc(C#N)c2)C1. The number of ether oxygens (including phenoxy) is 1. The van der Waals surface area contributed by atoms with Crippen LogP contribution < -0.4 is 0 Å². The molecule has 1 aliphatic heterocycles. The summed E-state index contributed by atoms with van der Waals surface area (Å²) in [5.74, 6) is -0.951. The Labute approximate surface area is 111 Å². The van der Waals surface area contributed by atoms with Gasteiger partial charge in [-0.1, -0.05) is 0 Å². The molecule has 0 atom stereocenters. The zero-order valence-electron chi connectivity index (χ0n) is 10.7. The molecule has 100 valence electrons. The van der Waals surface area contributed by atoms with Crippen LogP contribution in [-0.4, -0.2) is 46.3 Å². The smallest absolute Gasteiger partial charge is 0.329 e. The third kappa shape index (κ3) is 3.50. The van der Waals surface area contributed by atoms with Crippen LogP contribution in [0.4, 0.5) is 0 Å². The molecule has 0 spiro atoms. The molecule has 0 unspecified atom stereocenters. The number of pyridine rings is 1. The topological polar surface area (TPSA) is 86.5 Å². The first-order valence-electron chi connectivity index (χ1n) is 5.94. The lowest BCUT2D eigenvalue weighted by atomic mass is 9.95. The van der Waals surface area contributed by atoms with Crippen molar-refractivity contribution in [2.75, 3.05) is 19.7 Å². The first kappa shape index (κ1) is 13.5. The third-order valence-corrected chi connectivity index (χ3v) is 3.01. The van der Waals surface area contributed by atoms with Crippen molar-refractivity contribution in [3.8, 4) is 6.07 Å². The number of aromatic nitrogens is 1. The average molecular weight is 261 g/mol. The highest BCUT2D eigenvalue weighted by Gasteiger charge is 2.39. The van der Waals surface area contributed by atoms with Gasteiger partial charge in [-0.3, -0.25) is 4.90 Å². The van der Waals surface area contributed by atoms with Crippen LogP contribution in [0.15, 0.2) is 18.3 Å². The summed E-state index contributed by atoms with van der Waals surface area (Å²) >= 11 is 0. The van der Waals surface area contributed by atoms with Gasteiger partial charge in [0.05, 0.1) is 5.60 Å². The molecule has 2 heterocycles. The fourth-order valence-electron chi connectivity index (χ4n) is 2.23. The predicted octanol–water partition coefficient (Wildman–Crippen LogP) is 0.629. The van der Waals surface area contributed by atoms with Crippen LogP contribution in [0.5, 0.6) is 0 Å². The summed E-state index contributed by atoms with van der Waals surface area (Å²) in [6.07, 6.45) is 1.62. The van der Waals surface area contributed by atoms with Crippen LogP contribution in [0, 0.1) is 11.3 Å². The summed E-state index contributed by atoms with van der Waals surface area (Å²) in [4.78, 5) is 16.5. The number of carbonyl (C=O) groups is 1. The van der Waals surface area contributed by atoms with Crippen LogP contribution in [0.1, 0.15) is 18.2 Å². The van der Waals surface area contributed by atoms with Gasteiger partial charge >= 0.3 is 5.97 Å². The van der Waals surface area contributed by atoms with Crippen LogP contribution in [0.25, 0.3) is 0 Å². The number of carboxylic acids is 1. The number of rotatable bonds is 5. The number of nitriles is 1. The number of aliphatic carboxylic acids is 1. The first-order chi connectivity index (χ1) is 9.00. The fraction of sp³-hybridized carbons (Fsp3) is 0.462. The summed E-state index contributed by atoms with van der Waals surface area (Å²) in [6, 6.07) is 5.63. The lowest BCUT2D eigenvalue weighted by Gasteiger charge is -2.47. The van der Waals surface area contributed by atoms with Gasteiger partial charge in [-0.2, -0.15) is 5.26 Å². The number of likely N-dealkylation sites (tertiary alicyclic amines) is 1. The van der Waals surface area contributed by atoms with Crippen LogP contribution >= 0.6 is 0 Å². The minimum atomic E-state index is -0.951. The van der Waals surface area contributed by atoms with Crippen LogP contribution in [0.2, 0.25) is 0 Å². The Kier molecular flexibility index (Phi) is 3.79. The normalized spacial score (nSPS) is 17.5. The largest absolute Gasteiger partial charge is 0.480 e. The molecule has 0 radical (unpaired) electrons. The zero-order valence-corrected chi connectivity index (χ0v) is 10.7. The highest BCUT2D eigenvalue weighted by molar-refractivity contribution is 5.68. The Morgan fingerprint density at radius 2 is 2.42 bits per heavy atom. The van der Waals surface area contributed by atoms with E-state index in [0.717, 1.165) is 5.56 Å². The van der Waals surface area contributed by atoms with E-state index >= 15 is 0 Å². The maximum atomic E-state index is 10.5. The van der Waals surface area contributed by atoms with E-state index < -0.39 is 5.97 Å². The van der Waals surface area contributed by atoms with E-state index in [9.17, 15) is 4.79 Å². The molecule has 19 heavy (non-hydrogen) atoms. The van der Waals surface area contributed by atoms with E-state index in [1.807, 2.05) is 19.1 Å². The molecule has 6 heteroatoms. The number of hydrogen-bond acceptors (Lipinski definition) is 5. The van der Waals surface area contributed by atoms with Gasteiger partial charge < -0.3 is 9.84 Å². The van der Waals surface area contributed by atoms with Crippen molar-refractivity contribution in [2.45, 2.75) is 19.1 Å². The molecular formula is C13H15N3O3. The van der Waals surface area contributed by atoms with E-state index in [2.05, 4.69) is 9.88 Å². The summed E-state index contributed by atoms with van der Waals surface area (Å²) < 4.78 is 5.33. The average Bonchev–Trinajstić information content (AvgIpc) is 2.35. The molecule has 1 N–H and O–H groups in total. The summed E-state index contributed by atoms with van der Waals surface area (Å²) in [5.41, 5.74) is 1.04. The third-order valence-electron chi connectivity index (χ3n) is 3.01. The summed E-state index contributed by atoms with van der Waals surface area (Å²) in [6.45, 7) is 3.72. The maximum Gasteiger partial charge on any atom is 0.329 e. The van der Waals surface area contributed by atoms with E-state index in [1.54, 1.807) is 12.3 Å². The highest BCUT2D eigenvalue weighted by Crippen LogP contribution is 2.26. The van der Waals surface area contributed by atoms with Crippen molar-refractivity contribution in [1.82, 2.24) is 9.88 Å². The lowest BCUT2D eigenvalue weighted by Crippen LogP contribution is -2.61. The Morgan fingerprint density at radius 3 is 3.05 bits per heavy atom. The molecule has 1 aromatic rings. The van der Waals surface area contributed by atoms with Gasteiger partial charge in [0.15, 0.2) is 0 Å². The predicted molar refractivity (Wildman–Crippen MR) is 66.2 cm³/mol. The molecule has 1 saturated heterocycles. The van der Waals surface area contributed by atoms with Gasteiger partial charge in [0.2, 0.25) is 0 Å². The highest BCUT2D eigenvalue weighted by atomic mass is 16.5. The molecular weight excluding hydrogens is 246 g/mol. The second kappa shape index (κ2) is 5.34. The summed E-state index contributed by atoms with van der Waals surface area (Å²) in [7, 11) is 0. The molecule has 1 aromatic heterocycles. The van der Waals surface area contributed by atoms with Gasteiger partial charge in [0.1, 0.15) is 18.4 Å². The van der Waals surface area contributed by atoms with Crippen molar-refractivity contribution in [2.24, 2.45) is 0 Å². The second-order valence-corrected chi connectivity index (χ2v) is 4.94. The summed E-state index contributed by atoms with van der Waals surface area (Å²) in [5, 5.41) is 17.3. The van der Waals surface area contributed by atoms with E-state index in [4.69, 9.17) is 15.1 Å². The van der Waals surface area contributed by atoms with Crippen LogP contribution in [0.3, 0.4) is 0 Å². The Morgan fingerprint density at radius 1 is 1.68 bits per heavy atom. The van der Waals surface area contributed by atoms with Gasteiger partial charge in [0, 0.05) is 25.8 Å². The molecule has 6 nitrogen and oxygen atoms in total. The van der Waals surface area contributed by atoms with Crippen molar-refractivity contribution in [3.63, 3.8) is 0 Å². The van der Waals surface area contributed by atoms with E-state index in [-0.39, 0.29) is 12.2 Å². The molecule has 0 aliphatic carbocycles. The Bertz CT molecular complexity index is 518. The van der Waals surface area contributed by atoms with Gasteiger partial charge in [-0.15, -0.1) is 0 Å². The van der Waals surface area contributed by atoms with Crippen molar-refractivity contribution in [1.29, 1.82) is 5.26 Å². The Balaban J connectivity index is 1.84. The van der Waals surface area contributed by atoms with Gasteiger partial charge in [0.25, 0.3) is 0 Å². The van der Waals surface area contributed by atoms with Crippen molar-refractivity contribution >= 4 is 5.97 Å². The molecule has 0 saturated carbocycles. The molecule has 0 amide bonds. The number of nitrogens with zero attached hydrogens (tertiary/aromatic N) is 3. The molecule has 2 rings (SSSR count). The van der Waals surface area contributed by atoms with E-state index in [0.29, 0.717) is 25.3 Å². The first-order valence-corrected chi connectivity index (χ1v) is 5.94. The minimum absolute atomic E-state index is 0.266. The Hall–Kier alpha value is -1.97. The molecule has 1 aliphatic rings. The maximum absolute atomic E-state index is 10.5. The lowest BCUT2D eigenvalue weighted by molar-refractivity contribution is -0.165.